The van der Waals surface area contributed by atoms with Crippen molar-refractivity contribution in [3.8, 4) is 0 Å². The Morgan fingerprint density at radius 1 is 1.11 bits per heavy atom. The Morgan fingerprint density at radius 2 is 1.72 bits per heavy atom. The monoisotopic (exact) mass is 278 g/mol. The Kier molecular flexibility index (Phi) is 5.98. The van der Waals surface area contributed by atoms with Gasteiger partial charge in [-0.3, -0.25) is 0 Å². The van der Waals surface area contributed by atoms with Gasteiger partial charge < -0.3 is 11.5 Å². The largest absolute Gasteiger partial charge is 0.446 e. The van der Waals surface area contributed by atoms with Crippen molar-refractivity contribution in [1.82, 2.24) is 0 Å². The fourth-order valence-corrected chi connectivity index (χ4v) is 2.13. The van der Waals surface area contributed by atoms with Gasteiger partial charge in [0.15, 0.2) is 0 Å². The third-order valence-electron chi connectivity index (χ3n) is 2.51. The first kappa shape index (κ1) is 15.3. The van der Waals surface area contributed by atoms with Crippen molar-refractivity contribution in [3.63, 3.8) is 0 Å². The van der Waals surface area contributed by atoms with E-state index in [4.69, 9.17) is 11.5 Å². The fourth-order valence-electron chi connectivity index (χ4n) is 1.59. The highest BCUT2D eigenvalue weighted by atomic mass is 32.2. The number of hydrogen-bond acceptors (Lipinski definition) is 3. The van der Waals surface area contributed by atoms with Crippen LogP contribution in [-0.4, -0.2) is 12.1 Å². The van der Waals surface area contributed by atoms with Crippen LogP contribution >= 0.6 is 11.8 Å². The van der Waals surface area contributed by atoms with E-state index < -0.39 is 5.51 Å². The molecule has 4 N–H and O–H groups in total. The summed E-state index contributed by atoms with van der Waals surface area (Å²) >= 11 is -0.115. The average molecular weight is 278 g/mol. The van der Waals surface area contributed by atoms with Gasteiger partial charge in [-0.15, -0.1) is 0 Å². The summed E-state index contributed by atoms with van der Waals surface area (Å²) in [6.45, 7) is 0.633. The van der Waals surface area contributed by atoms with Crippen molar-refractivity contribution in [2.24, 2.45) is 11.5 Å². The second-order valence-corrected chi connectivity index (χ2v) is 5.15. The van der Waals surface area contributed by atoms with E-state index in [2.05, 4.69) is 0 Å². The zero-order valence-corrected chi connectivity index (χ0v) is 10.7. The standard InChI is InChI=1S/C12H17F3N2S/c13-12(14,15)18-10-6-4-9(5-7-10)11(17)3-1-2-8-16/h4-7,11H,1-3,8,16-17H2/t11-/m1/s1. The van der Waals surface area contributed by atoms with Crippen LogP contribution in [0, 0.1) is 0 Å². The summed E-state index contributed by atoms with van der Waals surface area (Å²) in [7, 11) is 0. The van der Waals surface area contributed by atoms with Crippen molar-refractivity contribution < 1.29 is 13.2 Å². The molecule has 1 aromatic rings. The second-order valence-electron chi connectivity index (χ2n) is 4.01. The lowest BCUT2D eigenvalue weighted by Gasteiger charge is -2.12. The van der Waals surface area contributed by atoms with Crippen molar-refractivity contribution in [2.75, 3.05) is 6.54 Å². The molecule has 0 aliphatic rings. The zero-order chi connectivity index (χ0) is 13.6. The highest BCUT2D eigenvalue weighted by Crippen LogP contribution is 2.37. The van der Waals surface area contributed by atoms with Gasteiger partial charge in [-0.05, 0) is 48.8 Å². The van der Waals surface area contributed by atoms with E-state index in [1.165, 1.54) is 12.1 Å². The Balaban J connectivity index is 2.54. The number of nitrogens with two attached hydrogens (primary N) is 2. The molecule has 0 heterocycles. The van der Waals surface area contributed by atoms with E-state index in [0.717, 1.165) is 24.8 Å². The third-order valence-corrected chi connectivity index (χ3v) is 3.25. The Bertz CT molecular complexity index is 351. The van der Waals surface area contributed by atoms with Crippen molar-refractivity contribution in [3.05, 3.63) is 29.8 Å². The molecule has 6 heteroatoms. The maximum Gasteiger partial charge on any atom is 0.446 e. The summed E-state index contributed by atoms with van der Waals surface area (Å²) in [6.07, 6.45) is 2.63. The smallest absolute Gasteiger partial charge is 0.330 e. The Morgan fingerprint density at radius 3 is 2.22 bits per heavy atom. The number of unbranched alkanes of at least 4 members (excludes halogenated alkanes) is 1. The number of thioether (sulfide) groups is 1. The molecular formula is C12H17F3N2S. The molecule has 1 aromatic carbocycles. The molecular weight excluding hydrogens is 261 g/mol. The number of rotatable bonds is 6. The van der Waals surface area contributed by atoms with Gasteiger partial charge in [0.1, 0.15) is 0 Å². The molecule has 0 aromatic heterocycles. The summed E-state index contributed by atoms with van der Waals surface area (Å²) in [5.41, 5.74) is 7.94. The number of benzene rings is 1. The lowest BCUT2D eigenvalue weighted by atomic mass is 10.0. The van der Waals surface area contributed by atoms with Crippen LogP contribution < -0.4 is 11.5 Å². The van der Waals surface area contributed by atoms with Gasteiger partial charge >= 0.3 is 5.51 Å². The van der Waals surface area contributed by atoms with Gasteiger partial charge in [0, 0.05) is 10.9 Å². The van der Waals surface area contributed by atoms with E-state index in [1.54, 1.807) is 12.1 Å². The van der Waals surface area contributed by atoms with E-state index in [9.17, 15) is 13.2 Å². The number of alkyl halides is 3. The summed E-state index contributed by atoms with van der Waals surface area (Å²) < 4.78 is 36.4. The molecule has 102 valence electrons. The molecule has 0 spiro atoms. The Hall–Kier alpha value is -0.720. The fraction of sp³-hybridized carbons (Fsp3) is 0.500. The minimum absolute atomic E-state index is 0.115. The van der Waals surface area contributed by atoms with Crippen molar-refractivity contribution >= 4 is 11.8 Å². The Labute approximate surface area is 109 Å². The van der Waals surface area contributed by atoms with Gasteiger partial charge in [-0.1, -0.05) is 18.6 Å². The molecule has 0 radical (unpaired) electrons. The maximum atomic E-state index is 12.1. The molecule has 0 saturated heterocycles. The molecule has 2 nitrogen and oxygen atoms in total. The van der Waals surface area contributed by atoms with Crippen LogP contribution in [0.15, 0.2) is 29.2 Å². The molecule has 0 aliphatic carbocycles. The molecule has 0 aliphatic heterocycles. The van der Waals surface area contributed by atoms with Crippen LogP contribution in [0.4, 0.5) is 13.2 Å². The normalized spacial score (nSPS) is 13.6. The highest BCUT2D eigenvalue weighted by molar-refractivity contribution is 8.00. The molecule has 0 fully saturated rings. The van der Waals surface area contributed by atoms with E-state index in [1.807, 2.05) is 0 Å². The van der Waals surface area contributed by atoms with Gasteiger partial charge in [-0.25, -0.2) is 0 Å². The summed E-state index contributed by atoms with van der Waals surface area (Å²) in [5, 5.41) is 0. The number of halogens is 3. The highest BCUT2D eigenvalue weighted by Gasteiger charge is 2.29. The van der Waals surface area contributed by atoms with Crippen LogP contribution in [0.5, 0.6) is 0 Å². The van der Waals surface area contributed by atoms with Crippen LogP contribution in [0.2, 0.25) is 0 Å². The zero-order valence-electron chi connectivity index (χ0n) is 9.91. The second kappa shape index (κ2) is 7.01. The maximum absolute atomic E-state index is 12.1. The quantitative estimate of drug-likeness (QED) is 0.619. The first-order valence-corrected chi connectivity index (χ1v) is 6.55. The minimum atomic E-state index is -4.25. The summed E-state index contributed by atoms with van der Waals surface area (Å²) in [6, 6.07) is 6.08. The minimum Gasteiger partial charge on any atom is -0.330 e. The van der Waals surface area contributed by atoms with Gasteiger partial charge in [0.05, 0.1) is 0 Å². The molecule has 0 amide bonds. The third kappa shape index (κ3) is 5.75. The predicted octanol–water partition coefficient (Wildman–Crippen LogP) is 3.43. The molecule has 0 saturated carbocycles. The van der Waals surface area contributed by atoms with Gasteiger partial charge in [0.2, 0.25) is 0 Å². The van der Waals surface area contributed by atoms with Crippen molar-refractivity contribution in [1.29, 1.82) is 0 Å². The first-order chi connectivity index (χ1) is 8.42. The lowest BCUT2D eigenvalue weighted by Crippen LogP contribution is -2.11. The van der Waals surface area contributed by atoms with Crippen molar-refractivity contribution in [2.45, 2.75) is 35.7 Å². The molecule has 0 bridgehead atoms. The average Bonchev–Trinajstić information content (AvgIpc) is 2.28. The van der Waals surface area contributed by atoms with E-state index in [-0.39, 0.29) is 22.7 Å². The topological polar surface area (TPSA) is 52.0 Å². The first-order valence-electron chi connectivity index (χ1n) is 5.74. The molecule has 1 rings (SSSR count). The number of hydrogen-bond donors (Lipinski definition) is 2. The lowest BCUT2D eigenvalue weighted by molar-refractivity contribution is -0.0328. The van der Waals surface area contributed by atoms with E-state index >= 15 is 0 Å². The van der Waals surface area contributed by atoms with Crippen LogP contribution in [0.1, 0.15) is 30.9 Å². The van der Waals surface area contributed by atoms with Crippen LogP contribution in [0.3, 0.4) is 0 Å². The van der Waals surface area contributed by atoms with E-state index in [0.29, 0.717) is 6.54 Å². The molecule has 1 atom stereocenters. The molecule has 18 heavy (non-hydrogen) atoms. The van der Waals surface area contributed by atoms with Gasteiger partial charge in [-0.2, -0.15) is 13.2 Å². The predicted molar refractivity (Wildman–Crippen MR) is 68.2 cm³/mol. The SMILES string of the molecule is NCCCC[C@@H](N)c1ccc(SC(F)(F)F)cc1. The van der Waals surface area contributed by atoms with Crippen LogP contribution in [-0.2, 0) is 0 Å². The van der Waals surface area contributed by atoms with Gasteiger partial charge in [0.25, 0.3) is 0 Å². The summed E-state index contributed by atoms with van der Waals surface area (Å²) in [4.78, 5) is 0.181. The summed E-state index contributed by atoms with van der Waals surface area (Å²) in [5.74, 6) is 0. The molecule has 0 unspecified atom stereocenters. The van der Waals surface area contributed by atoms with Crippen LogP contribution in [0.25, 0.3) is 0 Å².